The van der Waals surface area contributed by atoms with Crippen molar-refractivity contribution >= 4 is 5.91 Å². The molecule has 136 valence electrons. The van der Waals surface area contributed by atoms with Crippen molar-refractivity contribution < 1.29 is 19.5 Å². The van der Waals surface area contributed by atoms with Gasteiger partial charge < -0.3 is 20.1 Å². The number of nitrogens with one attached hydrogen (secondary N) is 1. The molecule has 0 aliphatic carbocycles. The Balaban J connectivity index is 0.000000190. The van der Waals surface area contributed by atoms with Crippen LogP contribution in [-0.4, -0.2) is 39.4 Å². The molecule has 0 saturated carbocycles. The monoisotopic (exact) mass is 355 g/mol. The molecule has 7 heteroatoms. The lowest BCUT2D eigenvalue weighted by Crippen LogP contribution is -2.26. The molecular formula is C19H21N3O4. The molecule has 26 heavy (non-hydrogen) atoms. The van der Waals surface area contributed by atoms with Crippen LogP contribution < -0.4 is 5.32 Å². The van der Waals surface area contributed by atoms with Crippen LogP contribution in [0.4, 0.5) is 0 Å². The summed E-state index contributed by atoms with van der Waals surface area (Å²) in [4.78, 5) is 15.1. The van der Waals surface area contributed by atoms with Gasteiger partial charge in [0.15, 0.2) is 0 Å². The van der Waals surface area contributed by atoms with Crippen LogP contribution in [0.25, 0.3) is 11.4 Å². The van der Waals surface area contributed by atoms with Crippen LogP contribution in [-0.2, 0) is 0 Å². The van der Waals surface area contributed by atoms with Crippen LogP contribution in [0.2, 0.25) is 0 Å². The number of rotatable bonds is 5. The molecule has 1 atom stereocenters. The first-order valence-electron chi connectivity index (χ1n) is 8.10. The Bertz CT molecular complexity index is 772. The Hall–Kier alpha value is -3.03. The van der Waals surface area contributed by atoms with E-state index in [2.05, 4.69) is 20.0 Å². The number of aromatic nitrogens is 2. The van der Waals surface area contributed by atoms with E-state index < -0.39 is 6.10 Å². The summed E-state index contributed by atoms with van der Waals surface area (Å²) in [6, 6.07) is 16.3. The molecule has 7 nitrogen and oxygen atoms in total. The summed E-state index contributed by atoms with van der Waals surface area (Å²) < 4.78 is 4.64. The Morgan fingerprint density at radius 3 is 2.38 bits per heavy atom. The Morgan fingerprint density at radius 1 is 1.15 bits per heavy atom. The topological polar surface area (TPSA) is 108 Å². The van der Waals surface area contributed by atoms with Gasteiger partial charge in [-0.15, -0.1) is 0 Å². The number of aliphatic hydroxyl groups is 2. The largest absolute Gasteiger partial charge is 0.395 e. The van der Waals surface area contributed by atoms with Gasteiger partial charge in [-0.1, -0.05) is 47.6 Å². The van der Waals surface area contributed by atoms with E-state index in [1.807, 2.05) is 30.3 Å². The number of hydrogen-bond donors (Lipinski definition) is 3. The molecule has 0 fully saturated rings. The maximum Gasteiger partial charge on any atom is 0.251 e. The van der Waals surface area contributed by atoms with E-state index in [0.29, 0.717) is 17.9 Å². The normalized spacial score (nSPS) is 11.2. The Morgan fingerprint density at radius 2 is 1.85 bits per heavy atom. The van der Waals surface area contributed by atoms with Crippen molar-refractivity contribution in [1.29, 1.82) is 0 Å². The van der Waals surface area contributed by atoms with Gasteiger partial charge in [-0.3, -0.25) is 4.79 Å². The van der Waals surface area contributed by atoms with Gasteiger partial charge in [0.25, 0.3) is 5.91 Å². The van der Waals surface area contributed by atoms with Crippen molar-refractivity contribution in [3.05, 3.63) is 72.1 Å². The van der Waals surface area contributed by atoms with E-state index in [0.717, 1.165) is 11.1 Å². The minimum Gasteiger partial charge on any atom is -0.395 e. The average Bonchev–Trinajstić information content (AvgIpc) is 3.22. The van der Waals surface area contributed by atoms with E-state index >= 15 is 0 Å². The maximum atomic E-state index is 11.2. The molecule has 3 rings (SSSR count). The van der Waals surface area contributed by atoms with Crippen LogP contribution >= 0.6 is 0 Å². The van der Waals surface area contributed by atoms with E-state index in [1.54, 1.807) is 31.2 Å². The average molecular weight is 355 g/mol. The van der Waals surface area contributed by atoms with Crippen LogP contribution in [0.3, 0.4) is 0 Å². The first-order valence-corrected chi connectivity index (χ1v) is 8.10. The highest BCUT2D eigenvalue weighted by atomic mass is 16.5. The quantitative estimate of drug-likeness (QED) is 0.647. The molecule has 3 aromatic rings. The summed E-state index contributed by atoms with van der Waals surface area (Å²) in [6.07, 6.45) is 0.840. The van der Waals surface area contributed by atoms with E-state index in [4.69, 9.17) is 5.11 Å². The zero-order valence-corrected chi connectivity index (χ0v) is 14.4. The molecule has 3 N–H and O–H groups in total. The molecule has 1 unspecified atom stereocenters. The zero-order chi connectivity index (χ0) is 18.8. The summed E-state index contributed by atoms with van der Waals surface area (Å²) in [6.45, 7) is 2.00. The number of amides is 1. The second-order valence-electron chi connectivity index (χ2n) is 5.40. The molecule has 1 amide bonds. The summed E-state index contributed by atoms with van der Waals surface area (Å²) >= 11 is 0. The van der Waals surface area contributed by atoms with E-state index in [1.165, 1.54) is 6.39 Å². The second kappa shape index (κ2) is 10.1. The van der Waals surface area contributed by atoms with Crippen LogP contribution in [0, 0.1) is 0 Å². The predicted molar refractivity (Wildman–Crippen MR) is 96.2 cm³/mol. The standard InChI is InChI=1S/C10H10N2O2.C9H11NO2/c1-7(13)8-2-4-9(5-3-8)10-11-6-14-12-10;11-7-6-10-9(12)8-4-2-1-3-5-8/h2-7,13H,1H3;1-5,11H,6-7H2,(H,10,12). The molecule has 0 aliphatic rings. The fourth-order valence-electron chi connectivity index (χ4n) is 2.07. The fraction of sp³-hybridized carbons (Fsp3) is 0.211. The van der Waals surface area contributed by atoms with Crippen molar-refractivity contribution in [1.82, 2.24) is 15.5 Å². The molecule has 1 heterocycles. The van der Waals surface area contributed by atoms with Crippen LogP contribution in [0.5, 0.6) is 0 Å². The third-order valence-corrected chi connectivity index (χ3v) is 3.45. The van der Waals surface area contributed by atoms with Gasteiger partial charge >= 0.3 is 0 Å². The van der Waals surface area contributed by atoms with Gasteiger partial charge in [-0.25, -0.2) is 0 Å². The summed E-state index contributed by atoms with van der Waals surface area (Å²) in [5, 5.41) is 24.0. The van der Waals surface area contributed by atoms with Crippen molar-refractivity contribution in [2.75, 3.05) is 13.2 Å². The molecule has 0 aliphatic heterocycles. The zero-order valence-electron chi connectivity index (χ0n) is 14.4. The third kappa shape index (κ3) is 5.80. The molecule has 0 bridgehead atoms. The highest BCUT2D eigenvalue weighted by Crippen LogP contribution is 2.18. The minimum absolute atomic E-state index is 0.0292. The van der Waals surface area contributed by atoms with Gasteiger partial charge in [0.2, 0.25) is 12.2 Å². The number of hydrogen-bond acceptors (Lipinski definition) is 6. The predicted octanol–water partition coefficient (Wildman–Crippen LogP) is 2.20. The number of nitrogens with zero attached hydrogens (tertiary/aromatic N) is 2. The van der Waals surface area contributed by atoms with Gasteiger partial charge in [0.05, 0.1) is 12.7 Å². The highest BCUT2D eigenvalue weighted by Gasteiger charge is 2.04. The molecule has 0 radical (unpaired) electrons. The molecule has 1 aromatic heterocycles. The third-order valence-electron chi connectivity index (χ3n) is 3.45. The molecule has 0 spiro atoms. The minimum atomic E-state index is -0.450. The molecular weight excluding hydrogens is 334 g/mol. The SMILES string of the molecule is CC(O)c1ccc(-c2ncon2)cc1.O=C(NCCO)c1ccccc1. The van der Waals surface area contributed by atoms with E-state index in [-0.39, 0.29) is 12.5 Å². The smallest absolute Gasteiger partial charge is 0.251 e. The number of carbonyl (C=O) groups excluding carboxylic acids is 1. The molecule has 0 saturated heterocycles. The first kappa shape index (κ1) is 19.3. The first-order chi connectivity index (χ1) is 12.6. The maximum absolute atomic E-state index is 11.2. The second-order valence-corrected chi connectivity index (χ2v) is 5.40. The van der Waals surface area contributed by atoms with Gasteiger partial charge in [-0.05, 0) is 24.6 Å². The Labute approximate surface area is 151 Å². The number of benzene rings is 2. The lowest BCUT2D eigenvalue weighted by Gasteiger charge is -2.03. The summed E-state index contributed by atoms with van der Waals surface area (Å²) in [7, 11) is 0. The van der Waals surface area contributed by atoms with Gasteiger partial charge in [-0.2, -0.15) is 4.98 Å². The van der Waals surface area contributed by atoms with Gasteiger partial charge in [0, 0.05) is 17.7 Å². The van der Waals surface area contributed by atoms with Crippen LogP contribution in [0.1, 0.15) is 28.9 Å². The summed E-state index contributed by atoms with van der Waals surface area (Å²) in [5.41, 5.74) is 2.37. The highest BCUT2D eigenvalue weighted by molar-refractivity contribution is 5.94. The lowest BCUT2D eigenvalue weighted by atomic mass is 10.1. The summed E-state index contributed by atoms with van der Waals surface area (Å²) in [5.74, 6) is 0.409. The molecule has 2 aromatic carbocycles. The van der Waals surface area contributed by atoms with Crippen molar-refractivity contribution in [2.24, 2.45) is 0 Å². The lowest BCUT2D eigenvalue weighted by molar-refractivity contribution is 0.0944. The number of aliphatic hydroxyl groups excluding tert-OH is 2. The Kier molecular flexibility index (Phi) is 7.48. The van der Waals surface area contributed by atoms with Crippen molar-refractivity contribution in [2.45, 2.75) is 13.0 Å². The fourth-order valence-corrected chi connectivity index (χ4v) is 2.07. The van der Waals surface area contributed by atoms with Crippen molar-refractivity contribution in [3.63, 3.8) is 0 Å². The van der Waals surface area contributed by atoms with E-state index in [9.17, 15) is 9.90 Å². The van der Waals surface area contributed by atoms with Crippen LogP contribution in [0.15, 0.2) is 65.5 Å². The van der Waals surface area contributed by atoms with Crippen molar-refractivity contribution in [3.8, 4) is 11.4 Å². The number of carbonyl (C=O) groups is 1. The van der Waals surface area contributed by atoms with Gasteiger partial charge in [0.1, 0.15) is 0 Å².